The van der Waals surface area contributed by atoms with E-state index in [1.54, 1.807) is 6.07 Å². The van der Waals surface area contributed by atoms with E-state index in [9.17, 15) is 4.39 Å². The van der Waals surface area contributed by atoms with Crippen molar-refractivity contribution in [3.8, 4) is 0 Å². The zero-order valence-electron chi connectivity index (χ0n) is 9.80. The van der Waals surface area contributed by atoms with Crippen LogP contribution in [0.1, 0.15) is 30.7 Å². The Morgan fingerprint density at radius 3 is 2.81 bits per heavy atom. The van der Waals surface area contributed by atoms with E-state index in [-0.39, 0.29) is 11.9 Å². The molecule has 1 aromatic carbocycles. The number of hydrogen-bond acceptors (Lipinski definition) is 2. The number of aryl methyl sites for hydroxylation is 1. The summed E-state index contributed by atoms with van der Waals surface area (Å²) >= 11 is 0. The van der Waals surface area contributed by atoms with Gasteiger partial charge >= 0.3 is 0 Å². The van der Waals surface area contributed by atoms with Crippen LogP contribution in [0.2, 0.25) is 0 Å². The van der Waals surface area contributed by atoms with E-state index in [0.29, 0.717) is 0 Å². The first kappa shape index (κ1) is 11.1. The summed E-state index contributed by atoms with van der Waals surface area (Å²) < 4.78 is 18.9. The molecule has 1 atom stereocenters. The minimum Gasteiger partial charge on any atom is -0.459 e. The molecule has 1 aromatic heterocycles. The molecule has 3 heteroatoms. The molecule has 0 fully saturated rings. The van der Waals surface area contributed by atoms with Gasteiger partial charge in [-0.2, -0.15) is 0 Å². The van der Waals surface area contributed by atoms with Crippen LogP contribution >= 0.6 is 0 Å². The number of nitrogens with one attached hydrogen (secondary N) is 1. The van der Waals surface area contributed by atoms with Crippen LogP contribution in [-0.2, 0) is 0 Å². The fourth-order valence-corrected chi connectivity index (χ4v) is 2.07. The van der Waals surface area contributed by atoms with Crippen LogP contribution in [0.4, 0.5) is 4.39 Å². The highest BCUT2D eigenvalue weighted by Gasteiger charge is 2.17. The summed E-state index contributed by atoms with van der Waals surface area (Å²) in [6.07, 6.45) is 0.944. The van der Waals surface area contributed by atoms with Crippen LogP contribution in [-0.4, -0.2) is 7.05 Å². The van der Waals surface area contributed by atoms with Gasteiger partial charge in [-0.05, 0) is 38.6 Å². The number of furan rings is 1. The highest BCUT2D eigenvalue weighted by atomic mass is 19.1. The lowest BCUT2D eigenvalue weighted by Crippen LogP contribution is -2.15. The van der Waals surface area contributed by atoms with Crippen LogP contribution in [0.5, 0.6) is 0 Å². The van der Waals surface area contributed by atoms with Crippen LogP contribution in [0.25, 0.3) is 11.0 Å². The first-order valence-electron chi connectivity index (χ1n) is 5.53. The number of rotatable bonds is 3. The molecule has 86 valence electrons. The van der Waals surface area contributed by atoms with E-state index >= 15 is 0 Å². The topological polar surface area (TPSA) is 25.2 Å². The summed E-state index contributed by atoms with van der Waals surface area (Å²) in [6, 6.07) is 4.83. The molecule has 1 heterocycles. The van der Waals surface area contributed by atoms with Crippen LogP contribution in [0, 0.1) is 12.7 Å². The second-order valence-corrected chi connectivity index (χ2v) is 3.98. The Bertz CT molecular complexity index is 500. The van der Waals surface area contributed by atoms with Crippen molar-refractivity contribution in [1.29, 1.82) is 0 Å². The van der Waals surface area contributed by atoms with Gasteiger partial charge in [-0.15, -0.1) is 0 Å². The zero-order valence-corrected chi connectivity index (χ0v) is 9.80. The van der Waals surface area contributed by atoms with Crippen molar-refractivity contribution in [2.45, 2.75) is 26.3 Å². The third-order valence-corrected chi connectivity index (χ3v) is 3.01. The van der Waals surface area contributed by atoms with Gasteiger partial charge in [0.25, 0.3) is 0 Å². The minimum absolute atomic E-state index is 0.190. The SMILES string of the molecule is CCC(NC)c1oc2ccc(F)cc2c1C. The molecule has 0 aliphatic carbocycles. The molecule has 0 aliphatic rings. The fraction of sp³-hybridized carbons (Fsp3) is 0.385. The van der Waals surface area contributed by atoms with E-state index in [1.807, 2.05) is 14.0 Å². The fourth-order valence-electron chi connectivity index (χ4n) is 2.07. The Hall–Kier alpha value is -1.35. The predicted molar refractivity (Wildman–Crippen MR) is 63.0 cm³/mol. The summed E-state index contributed by atoms with van der Waals surface area (Å²) in [5.41, 5.74) is 1.78. The van der Waals surface area contributed by atoms with E-state index in [1.165, 1.54) is 12.1 Å². The maximum Gasteiger partial charge on any atom is 0.134 e. The largest absolute Gasteiger partial charge is 0.459 e. The average Bonchev–Trinajstić information content (AvgIpc) is 2.59. The van der Waals surface area contributed by atoms with Gasteiger partial charge in [0, 0.05) is 10.9 Å². The molecule has 0 spiro atoms. The molecule has 0 radical (unpaired) electrons. The number of fused-ring (bicyclic) bond motifs is 1. The Labute approximate surface area is 94.4 Å². The van der Waals surface area contributed by atoms with Crippen LogP contribution in [0.3, 0.4) is 0 Å². The Morgan fingerprint density at radius 2 is 2.19 bits per heavy atom. The quantitative estimate of drug-likeness (QED) is 0.857. The lowest BCUT2D eigenvalue weighted by atomic mass is 10.1. The first-order valence-corrected chi connectivity index (χ1v) is 5.53. The highest BCUT2D eigenvalue weighted by molar-refractivity contribution is 5.82. The minimum atomic E-state index is -0.222. The second kappa shape index (κ2) is 4.26. The third kappa shape index (κ3) is 1.71. The Kier molecular flexibility index (Phi) is 2.97. The summed E-state index contributed by atoms with van der Waals surface area (Å²) in [6.45, 7) is 4.06. The smallest absolute Gasteiger partial charge is 0.134 e. The number of halogens is 1. The molecule has 0 amide bonds. The lowest BCUT2D eigenvalue weighted by Gasteiger charge is -2.11. The van der Waals surface area contributed by atoms with Crippen LogP contribution < -0.4 is 5.32 Å². The molecule has 16 heavy (non-hydrogen) atoms. The Balaban J connectivity index is 2.59. The molecule has 0 aliphatic heterocycles. The molecule has 1 N–H and O–H groups in total. The van der Waals surface area contributed by atoms with Gasteiger partial charge in [-0.3, -0.25) is 0 Å². The van der Waals surface area contributed by atoms with Crippen molar-refractivity contribution in [1.82, 2.24) is 5.32 Å². The molecule has 2 aromatic rings. The third-order valence-electron chi connectivity index (χ3n) is 3.01. The van der Waals surface area contributed by atoms with Crippen molar-refractivity contribution in [2.24, 2.45) is 0 Å². The molecule has 0 saturated heterocycles. The van der Waals surface area contributed by atoms with Gasteiger partial charge < -0.3 is 9.73 Å². The van der Waals surface area contributed by atoms with E-state index in [0.717, 1.165) is 28.7 Å². The second-order valence-electron chi connectivity index (χ2n) is 3.98. The van der Waals surface area contributed by atoms with Crippen molar-refractivity contribution in [3.63, 3.8) is 0 Å². The Morgan fingerprint density at radius 1 is 1.44 bits per heavy atom. The van der Waals surface area contributed by atoms with Crippen molar-refractivity contribution < 1.29 is 8.81 Å². The normalized spacial score (nSPS) is 13.2. The molecule has 0 bridgehead atoms. The van der Waals surface area contributed by atoms with E-state index in [4.69, 9.17) is 4.42 Å². The molecule has 2 nitrogen and oxygen atoms in total. The molecular formula is C13H16FNO. The highest BCUT2D eigenvalue weighted by Crippen LogP contribution is 2.30. The molecular weight excluding hydrogens is 205 g/mol. The van der Waals surface area contributed by atoms with Crippen LogP contribution in [0.15, 0.2) is 22.6 Å². The standard InChI is InChI=1S/C13H16FNO/c1-4-11(15-3)13-8(2)10-7-9(14)5-6-12(10)16-13/h5-7,11,15H,4H2,1-3H3. The van der Waals surface area contributed by atoms with Gasteiger partial charge in [-0.1, -0.05) is 6.92 Å². The maximum atomic E-state index is 13.1. The number of benzene rings is 1. The summed E-state index contributed by atoms with van der Waals surface area (Å²) in [4.78, 5) is 0. The van der Waals surface area contributed by atoms with Crippen molar-refractivity contribution in [3.05, 3.63) is 35.3 Å². The van der Waals surface area contributed by atoms with Gasteiger partial charge in [0.15, 0.2) is 0 Å². The summed E-state index contributed by atoms with van der Waals surface area (Å²) in [7, 11) is 1.90. The average molecular weight is 221 g/mol. The van der Waals surface area contributed by atoms with E-state index in [2.05, 4.69) is 12.2 Å². The molecule has 0 saturated carbocycles. The van der Waals surface area contributed by atoms with Gasteiger partial charge in [-0.25, -0.2) is 4.39 Å². The monoisotopic (exact) mass is 221 g/mol. The molecule has 1 unspecified atom stereocenters. The van der Waals surface area contributed by atoms with Gasteiger partial charge in [0.2, 0.25) is 0 Å². The van der Waals surface area contributed by atoms with Crippen molar-refractivity contribution >= 4 is 11.0 Å². The van der Waals surface area contributed by atoms with Gasteiger partial charge in [0.1, 0.15) is 17.2 Å². The first-order chi connectivity index (χ1) is 7.67. The summed E-state index contributed by atoms with van der Waals surface area (Å²) in [5, 5.41) is 4.06. The maximum absolute atomic E-state index is 13.1. The zero-order chi connectivity index (χ0) is 11.7. The summed E-state index contributed by atoms with van der Waals surface area (Å²) in [5.74, 6) is 0.686. The lowest BCUT2D eigenvalue weighted by molar-refractivity contribution is 0.441. The van der Waals surface area contributed by atoms with Gasteiger partial charge in [0.05, 0.1) is 6.04 Å². The number of hydrogen-bond donors (Lipinski definition) is 1. The predicted octanol–water partition coefficient (Wildman–Crippen LogP) is 3.55. The van der Waals surface area contributed by atoms with Crippen molar-refractivity contribution in [2.75, 3.05) is 7.05 Å². The molecule has 2 rings (SSSR count). The van der Waals surface area contributed by atoms with E-state index < -0.39 is 0 Å².